The second-order valence-electron chi connectivity index (χ2n) is 3.33. The van der Waals surface area contributed by atoms with Gasteiger partial charge in [-0.05, 0) is 18.6 Å². The van der Waals surface area contributed by atoms with Crippen molar-refractivity contribution in [1.82, 2.24) is 5.32 Å². The molecule has 0 fully saturated rings. The van der Waals surface area contributed by atoms with Gasteiger partial charge in [0.2, 0.25) is 5.91 Å². The van der Waals surface area contributed by atoms with Crippen molar-refractivity contribution in [2.45, 2.75) is 26.3 Å². The summed E-state index contributed by atoms with van der Waals surface area (Å²) in [6, 6.07) is 0.220. The van der Waals surface area contributed by atoms with Crippen LogP contribution in [0.3, 0.4) is 0 Å². The van der Waals surface area contributed by atoms with Crippen LogP contribution in [0.15, 0.2) is 0 Å². The molecule has 4 heteroatoms. The summed E-state index contributed by atoms with van der Waals surface area (Å²) < 4.78 is 0. The van der Waals surface area contributed by atoms with Crippen LogP contribution >= 0.6 is 23.4 Å². The number of carbonyl (C=O) groups is 1. The third-order valence-corrected chi connectivity index (χ3v) is 2.62. The summed E-state index contributed by atoms with van der Waals surface area (Å²) in [6.45, 7) is 4.19. The molecule has 0 aliphatic carbocycles. The fraction of sp³-hybridized carbons (Fsp3) is 0.889. The van der Waals surface area contributed by atoms with E-state index in [-0.39, 0.29) is 11.9 Å². The van der Waals surface area contributed by atoms with Crippen LogP contribution in [-0.2, 0) is 4.79 Å². The molecular formula is C9H18ClNOS. The third-order valence-electron chi connectivity index (χ3n) is 1.85. The van der Waals surface area contributed by atoms with E-state index < -0.39 is 0 Å². The number of hydrogen-bond donors (Lipinski definition) is 1. The zero-order valence-corrected chi connectivity index (χ0v) is 10.0. The summed E-state index contributed by atoms with van der Waals surface area (Å²) in [4.78, 5) is 11.3. The monoisotopic (exact) mass is 223 g/mol. The van der Waals surface area contributed by atoms with Gasteiger partial charge in [0, 0.05) is 11.9 Å². The van der Waals surface area contributed by atoms with Gasteiger partial charge in [0.25, 0.3) is 0 Å². The predicted molar refractivity (Wildman–Crippen MR) is 60.5 cm³/mol. The Morgan fingerprint density at radius 1 is 1.54 bits per heavy atom. The Morgan fingerprint density at radius 3 is 2.54 bits per heavy atom. The highest BCUT2D eigenvalue weighted by atomic mass is 35.5. The Hall–Kier alpha value is 0.110. The van der Waals surface area contributed by atoms with Gasteiger partial charge >= 0.3 is 0 Å². The summed E-state index contributed by atoms with van der Waals surface area (Å²) >= 11 is 7.18. The molecule has 78 valence electrons. The fourth-order valence-corrected chi connectivity index (χ4v) is 1.65. The highest BCUT2D eigenvalue weighted by Gasteiger charge is 2.14. The molecule has 0 saturated carbocycles. The maximum absolute atomic E-state index is 11.3. The standard InChI is InChI=1S/C9H18ClNOS/c1-7(2)8(4-5-10)11-9(12)6-13-3/h7-8H,4-6H2,1-3H3,(H,11,12). The van der Waals surface area contributed by atoms with Gasteiger partial charge in [-0.15, -0.1) is 11.6 Å². The van der Waals surface area contributed by atoms with Gasteiger partial charge in [-0.25, -0.2) is 0 Å². The van der Waals surface area contributed by atoms with Crippen LogP contribution in [-0.4, -0.2) is 29.8 Å². The zero-order chi connectivity index (χ0) is 10.3. The van der Waals surface area contributed by atoms with E-state index in [1.54, 1.807) is 0 Å². The normalized spacial score (nSPS) is 13.0. The largest absolute Gasteiger partial charge is 0.352 e. The van der Waals surface area contributed by atoms with E-state index in [9.17, 15) is 4.79 Å². The van der Waals surface area contributed by atoms with Gasteiger partial charge in [-0.2, -0.15) is 11.8 Å². The first-order chi connectivity index (χ1) is 6.11. The van der Waals surface area contributed by atoms with Crippen molar-refractivity contribution in [3.05, 3.63) is 0 Å². The van der Waals surface area contributed by atoms with Crippen LogP contribution in [0.4, 0.5) is 0 Å². The van der Waals surface area contributed by atoms with Crippen LogP contribution in [0, 0.1) is 5.92 Å². The van der Waals surface area contributed by atoms with Crippen molar-refractivity contribution in [2.24, 2.45) is 5.92 Å². The lowest BCUT2D eigenvalue weighted by Gasteiger charge is -2.21. The summed E-state index contributed by atoms with van der Waals surface area (Å²) in [5, 5.41) is 2.97. The fourth-order valence-electron chi connectivity index (χ4n) is 1.07. The maximum Gasteiger partial charge on any atom is 0.230 e. The van der Waals surface area contributed by atoms with Crippen molar-refractivity contribution >= 4 is 29.3 Å². The highest BCUT2D eigenvalue weighted by molar-refractivity contribution is 7.99. The Bertz CT molecular complexity index is 153. The Balaban J connectivity index is 3.86. The molecule has 1 N–H and O–H groups in total. The number of rotatable bonds is 6. The Labute approximate surface area is 89.8 Å². The van der Waals surface area contributed by atoms with Crippen molar-refractivity contribution < 1.29 is 4.79 Å². The second kappa shape index (κ2) is 7.51. The first-order valence-electron chi connectivity index (χ1n) is 4.46. The molecule has 0 aromatic carbocycles. The predicted octanol–water partition coefficient (Wildman–Crippen LogP) is 2.12. The Morgan fingerprint density at radius 2 is 2.15 bits per heavy atom. The number of thioether (sulfide) groups is 1. The molecule has 1 amide bonds. The molecule has 0 aromatic heterocycles. The lowest BCUT2D eigenvalue weighted by Crippen LogP contribution is -2.39. The summed E-state index contributed by atoms with van der Waals surface area (Å²) in [5.41, 5.74) is 0. The molecule has 0 aromatic rings. The summed E-state index contributed by atoms with van der Waals surface area (Å²) in [5.74, 6) is 1.69. The van der Waals surface area contributed by atoms with Crippen molar-refractivity contribution in [2.75, 3.05) is 17.9 Å². The highest BCUT2D eigenvalue weighted by Crippen LogP contribution is 2.07. The topological polar surface area (TPSA) is 29.1 Å². The number of halogens is 1. The van der Waals surface area contributed by atoms with E-state index in [0.29, 0.717) is 17.6 Å². The number of amides is 1. The molecule has 0 heterocycles. The van der Waals surface area contributed by atoms with Crippen LogP contribution in [0.25, 0.3) is 0 Å². The molecule has 1 atom stereocenters. The third kappa shape index (κ3) is 6.22. The lowest BCUT2D eigenvalue weighted by molar-refractivity contribution is -0.119. The van der Waals surface area contributed by atoms with Crippen molar-refractivity contribution in [3.8, 4) is 0 Å². The number of nitrogens with one attached hydrogen (secondary N) is 1. The smallest absolute Gasteiger partial charge is 0.230 e. The number of carbonyl (C=O) groups excluding carboxylic acids is 1. The molecule has 0 aliphatic rings. The van der Waals surface area contributed by atoms with Gasteiger partial charge < -0.3 is 5.32 Å². The van der Waals surface area contributed by atoms with Crippen LogP contribution in [0.1, 0.15) is 20.3 Å². The minimum atomic E-state index is 0.108. The van der Waals surface area contributed by atoms with Gasteiger partial charge in [-0.1, -0.05) is 13.8 Å². The molecule has 0 bridgehead atoms. The molecule has 2 nitrogen and oxygen atoms in total. The molecule has 0 radical (unpaired) electrons. The first kappa shape index (κ1) is 13.1. The minimum Gasteiger partial charge on any atom is -0.352 e. The van der Waals surface area contributed by atoms with E-state index in [1.807, 2.05) is 6.26 Å². The summed E-state index contributed by atoms with van der Waals surface area (Å²) in [7, 11) is 0. The van der Waals surface area contributed by atoms with E-state index in [0.717, 1.165) is 6.42 Å². The molecule has 1 unspecified atom stereocenters. The Kier molecular flexibility index (Phi) is 7.57. The molecular weight excluding hydrogens is 206 g/mol. The number of hydrogen-bond acceptors (Lipinski definition) is 2. The average Bonchev–Trinajstić information content (AvgIpc) is 2.04. The average molecular weight is 224 g/mol. The van der Waals surface area contributed by atoms with Gasteiger partial charge in [0.1, 0.15) is 0 Å². The lowest BCUT2D eigenvalue weighted by atomic mass is 10.0. The zero-order valence-electron chi connectivity index (χ0n) is 8.47. The van der Waals surface area contributed by atoms with E-state index in [1.165, 1.54) is 11.8 Å². The van der Waals surface area contributed by atoms with Crippen LogP contribution < -0.4 is 5.32 Å². The van der Waals surface area contributed by atoms with E-state index >= 15 is 0 Å². The van der Waals surface area contributed by atoms with Gasteiger partial charge in [-0.3, -0.25) is 4.79 Å². The van der Waals surface area contributed by atoms with Crippen molar-refractivity contribution in [1.29, 1.82) is 0 Å². The quantitative estimate of drug-likeness (QED) is 0.699. The molecule has 13 heavy (non-hydrogen) atoms. The van der Waals surface area contributed by atoms with Crippen LogP contribution in [0.5, 0.6) is 0 Å². The van der Waals surface area contributed by atoms with E-state index in [2.05, 4.69) is 19.2 Å². The molecule has 0 rings (SSSR count). The van der Waals surface area contributed by atoms with Crippen molar-refractivity contribution in [3.63, 3.8) is 0 Å². The molecule has 0 spiro atoms. The number of alkyl halides is 1. The van der Waals surface area contributed by atoms with E-state index in [4.69, 9.17) is 11.6 Å². The maximum atomic E-state index is 11.3. The summed E-state index contributed by atoms with van der Waals surface area (Å²) in [6.07, 6.45) is 2.77. The second-order valence-corrected chi connectivity index (χ2v) is 4.57. The SMILES string of the molecule is CSCC(=O)NC(CCCl)C(C)C. The van der Waals surface area contributed by atoms with Crippen LogP contribution in [0.2, 0.25) is 0 Å². The first-order valence-corrected chi connectivity index (χ1v) is 6.39. The van der Waals surface area contributed by atoms with Gasteiger partial charge in [0.15, 0.2) is 0 Å². The molecule has 0 aliphatic heterocycles. The van der Waals surface area contributed by atoms with Gasteiger partial charge in [0.05, 0.1) is 5.75 Å². The minimum absolute atomic E-state index is 0.108. The molecule has 0 saturated heterocycles.